The summed E-state index contributed by atoms with van der Waals surface area (Å²) >= 11 is 0. The van der Waals surface area contributed by atoms with Crippen molar-refractivity contribution < 1.29 is 18.3 Å². The van der Waals surface area contributed by atoms with Crippen LogP contribution in [-0.4, -0.2) is 35.3 Å². The zero-order chi connectivity index (χ0) is 15.7. The standard InChI is InChI=1S/C12H21N3O4S/c1-7(2)8(3)14-20(18,19)12-9(4)13-15(10(12)5)6-11(16)17/h7-8,14H,6H2,1-5H3,(H,16,17). The topological polar surface area (TPSA) is 101 Å². The molecule has 0 aliphatic carbocycles. The smallest absolute Gasteiger partial charge is 0.325 e. The Hall–Kier alpha value is -1.41. The Kier molecular flexibility index (Phi) is 4.93. The molecule has 2 N–H and O–H groups in total. The van der Waals surface area contributed by atoms with Crippen molar-refractivity contribution >= 4 is 16.0 Å². The van der Waals surface area contributed by atoms with Crippen LogP contribution in [0.15, 0.2) is 4.90 Å². The molecule has 20 heavy (non-hydrogen) atoms. The second kappa shape index (κ2) is 5.92. The molecule has 0 saturated carbocycles. The van der Waals surface area contributed by atoms with Gasteiger partial charge in [0.1, 0.15) is 11.4 Å². The average Bonchev–Trinajstić information content (AvgIpc) is 2.52. The van der Waals surface area contributed by atoms with Gasteiger partial charge in [0.2, 0.25) is 10.0 Å². The number of nitrogens with one attached hydrogen (secondary N) is 1. The summed E-state index contributed by atoms with van der Waals surface area (Å²) in [6.45, 7) is 8.37. The summed E-state index contributed by atoms with van der Waals surface area (Å²) in [5.41, 5.74) is 0.626. The van der Waals surface area contributed by atoms with Crippen molar-refractivity contribution in [3.05, 3.63) is 11.4 Å². The molecule has 0 aliphatic rings. The van der Waals surface area contributed by atoms with Gasteiger partial charge in [-0.2, -0.15) is 5.10 Å². The lowest BCUT2D eigenvalue weighted by atomic mass is 10.1. The quantitative estimate of drug-likeness (QED) is 0.813. The Bertz CT molecular complexity index is 604. The summed E-state index contributed by atoms with van der Waals surface area (Å²) in [5, 5.41) is 12.8. The number of sulfonamides is 1. The van der Waals surface area contributed by atoms with Gasteiger partial charge in [0, 0.05) is 6.04 Å². The largest absolute Gasteiger partial charge is 0.480 e. The second-order valence-corrected chi connectivity index (χ2v) is 6.86. The fourth-order valence-electron chi connectivity index (χ4n) is 1.79. The van der Waals surface area contributed by atoms with E-state index in [-0.39, 0.29) is 23.4 Å². The maximum Gasteiger partial charge on any atom is 0.325 e. The molecule has 1 unspecified atom stereocenters. The number of carbonyl (C=O) groups is 1. The van der Waals surface area contributed by atoms with Crippen LogP contribution in [0.3, 0.4) is 0 Å². The minimum absolute atomic E-state index is 0.0613. The maximum absolute atomic E-state index is 12.4. The van der Waals surface area contributed by atoms with E-state index in [1.807, 2.05) is 13.8 Å². The van der Waals surface area contributed by atoms with Gasteiger partial charge in [-0.25, -0.2) is 13.1 Å². The number of aliphatic carboxylic acids is 1. The molecule has 1 rings (SSSR count). The summed E-state index contributed by atoms with van der Waals surface area (Å²) in [5.74, 6) is -0.914. The summed E-state index contributed by atoms with van der Waals surface area (Å²) < 4.78 is 28.5. The molecule has 0 radical (unpaired) electrons. The number of aryl methyl sites for hydroxylation is 1. The van der Waals surface area contributed by atoms with Gasteiger partial charge in [0.05, 0.1) is 11.4 Å². The molecule has 7 nitrogen and oxygen atoms in total. The van der Waals surface area contributed by atoms with Crippen LogP contribution in [-0.2, 0) is 21.4 Å². The van der Waals surface area contributed by atoms with E-state index in [1.54, 1.807) is 20.8 Å². The third-order valence-electron chi connectivity index (χ3n) is 3.21. The van der Waals surface area contributed by atoms with E-state index in [4.69, 9.17) is 5.11 Å². The summed E-state index contributed by atoms with van der Waals surface area (Å²) in [6.07, 6.45) is 0. The first-order valence-electron chi connectivity index (χ1n) is 6.34. The van der Waals surface area contributed by atoms with Crippen LogP contribution in [0.25, 0.3) is 0 Å². The molecule has 0 fully saturated rings. The molecule has 0 aromatic carbocycles. The van der Waals surface area contributed by atoms with Gasteiger partial charge in [-0.1, -0.05) is 13.8 Å². The van der Waals surface area contributed by atoms with Crippen LogP contribution in [0, 0.1) is 19.8 Å². The Morgan fingerprint density at radius 2 is 1.90 bits per heavy atom. The zero-order valence-electron chi connectivity index (χ0n) is 12.3. The minimum atomic E-state index is -3.71. The Morgan fingerprint density at radius 3 is 2.35 bits per heavy atom. The highest BCUT2D eigenvalue weighted by atomic mass is 32.2. The van der Waals surface area contributed by atoms with Gasteiger partial charge in [0.25, 0.3) is 0 Å². The van der Waals surface area contributed by atoms with Crippen molar-refractivity contribution in [2.75, 3.05) is 0 Å². The van der Waals surface area contributed by atoms with E-state index >= 15 is 0 Å². The van der Waals surface area contributed by atoms with Gasteiger partial charge < -0.3 is 5.11 Å². The first kappa shape index (κ1) is 16.6. The van der Waals surface area contributed by atoms with E-state index in [1.165, 1.54) is 4.68 Å². The van der Waals surface area contributed by atoms with Crippen molar-refractivity contribution in [3.63, 3.8) is 0 Å². The Labute approximate surface area is 119 Å². The van der Waals surface area contributed by atoms with Crippen LogP contribution >= 0.6 is 0 Å². The highest BCUT2D eigenvalue weighted by Gasteiger charge is 2.27. The van der Waals surface area contributed by atoms with E-state index in [9.17, 15) is 13.2 Å². The lowest BCUT2D eigenvalue weighted by Crippen LogP contribution is -2.36. The van der Waals surface area contributed by atoms with Gasteiger partial charge in [-0.3, -0.25) is 9.48 Å². The number of hydrogen-bond acceptors (Lipinski definition) is 4. The SMILES string of the molecule is Cc1nn(CC(=O)O)c(C)c1S(=O)(=O)NC(C)C(C)C. The number of nitrogens with zero attached hydrogens (tertiary/aromatic N) is 2. The van der Waals surface area contributed by atoms with Crippen LogP contribution < -0.4 is 4.72 Å². The van der Waals surface area contributed by atoms with Crippen LogP contribution in [0.1, 0.15) is 32.2 Å². The maximum atomic E-state index is 12.4. The van der Waals surface area contributed by atoms with Gasteiger partial charge in [-0.15, -0.1) is 0 Å². The molecule has 114 valence electrons. The van der Waals surface area contributed by atoms with E-state index in [2.05, 4.69) is 9.82 Å². The van der Waals surface area contributed by atoms with E-state index < -0.39 is 16.0 Å². The molecule has 1 heterocycles. The van der Waals surface area contributed by atoms with Crippen molar-refractivity contribution in [1.29, 1.82) is 0 Å². The molecular formula is C12H21N3O4S. The fraction of sp³-hybridized carbons (Fsp3) is 0.667. The van der Waals surface area contributed by atoms with Crippen molar-refractivity contribution in [1.82, 2.24) is 14.5 Å². The molecule has 0 spiro atoms. The van der Waals surface area contributed by atoms with Gasteiger partial charge >= 0.3 is 5.97 Å². The number of rotatable bonds is 6. The average molecular weight is 303 g/mol. The number of hydrogen-bond donors (Lipinski definition) is 2. The van der Waals surface area contributed by atoms with Crippen molar-refractivity contribution in [2.45, 2.75) is 52.1 Å². The molecular weight excluding hydrogens is 282 g/mol. The lowest BCUT2D eigenvalue weighted by Gasteiger charge is -2.17. The van der Waals surface area contributed by atoms with Crippen molar-refractivity contribution in [3.8, 4) is 0 Å². The lowest BCUT2D eigenvalue weighted by molar-refractivity contribution is -0.137. The third kappa shape index (κ3) is 3.57. The highest BCUT2D eigenvalue weighted by Crippen LogP contribution is 2.20. The number of carboxylic acids is 1. The fourth-order valence-corrected chi connectivity index (χ4v) is 3.59. The molecule has 0 aliphatic heterocycles. The molecule has 0 saturated heterocycles. The minimum Gasteiger partial charge on any atom is -0.480 e. The summed E-state index contributed by atoms with van der Waals surface area (Å²) in [6, 6.07) is -0.221. The monoisotopic (exact) mass is 303 g/mol. The molecule has 1 aromatic heterocycles. The summed E-state index contributed by atoms with van der Waals surface area (Å²) in [4.78, 5) is 10.8. The zero-order valence-corrected chi connectivity index (χ0v) is 13.2. The Morgan fingerprint density at radius 1 is 1.35 bits per heavy atom. The predicted octanol–water partition coefficient (Wildman–Crippen LogP) is 0.907. The highest BCUT2D eigenvalue weighted by molar-refractivity contribution is 7.89. The normalized spacial score (nSPS) is 13.7. The molecule has 1 aromatic rings. The number of carboxylic acid groups (broad SMARTS) is 1. The molecule has 0 amide bonds. The summed E-state index contributed by atoms with van der Waals surface area (Å²) in [7, 11) is -3.71. The number of aromatic nitrogens is 2. The third-order valence-corrected chi connectivity index (χ3v) is 5.02. The first-order chi connectivity index (χ1) is 9.06. The van der Waals surface area contributed by atoms with Crippen molar-refractivity contribution in [2.24, 2.45) is 5.92 Å². The molecule has 0 bridgehead atoms. The van der Waals surface area contributed by atoms with Crippen LogP contribution in [0.5, 0.6) is 0 Å². The predicted molar refractivity (Wildman–Crippen MR) is 74.0 cm³/mol. The Balaban J connectivity index is 3.19. The molecule has 1 atom stereocenters. The first-order valence-corrected chi connectivity index (χ1v) is 7.82. The van der Waals surface area contributed by atoms with E-state index in [0.29, 0.717) is 11.4 Å². The van der Waals surface area contributed by atoms with Crippen LogP contribution in [0.4, 0.5) is 0 Å². The van der Waals surface area contributed by atoms with Gasteiger partial charge in [-0.05, 0) is 26.7 Å². The molecule has 8 heteroatoms. The van der Waals surface area contributed by atoms with Crippen LogP contribution in [0.2, 0.25) is 0 Å². The van der Waals surface area contributed by atoms with E-state index in [0.717, 1.165) is 0 Å². The second-order valence-electron chi connectivity index (χ2n) is 5.21. The van der Waals surface area contributed by atoms with Gasteiger partial charge in [0.15, 0.2) is 0 Å².